The topological polar surface area (TPSA) is 89.8 Å². The van der Waals surface area contributed by atoms with Gasteiger partial charge in [-0.05, 0) is 42.5 Å². The molecule has 7 nitrogen and oxygen atoms in total. The summed E-state index contributed by atoms with van der Waals surface area (Å²) in [6, 6.07) is 21.2. The molecule has 168 valence electrons. The Morgan fingerprint density at radius 2 is 1.48 bits per heavy atom. The number of nitro groups is 1. The lowest BCUT2D eigenvalue weighted by molar-refractivity contribution is -0.384. The molecule has 3 aromatic carbocycles. The van der Waals surface area contributed by atoms with Crippen LogP contribution in [-0.4, -0.2) is 36.4 Å². The summed E-state index contributed by atoms with van der Waals surface area (Å²) in [6.07, 6.45) is 3.07. The average Bonchev–Trinajstić information content (AvgIpc) is 2.87. The molecule has 1 saturated heterocycles. The summed E-state index contributed by atoms with van der Waals surface area (Å²) in [7, 11) is 0. The van der Waals surface area contributed by atoms with Gasteiger partial charge in [0, 0.05) is 24.7 Å². The van der Waals surface area contributed by atoms with Gasteiger partial charge in [-0.1, -0.05) is 54.6 Å². The average molecular weight is 444 g/mol. The minimum absolute atomic E-state index is 0.0506. The van der Waals surface area contributed by atoms with Crippen LogP contribution in [0.3, 0.4) is 0 Å². The molecule has 0 unspecified atom stereocenters. The number of nitrogens with zero attached hydrogens (tertiary/aromatic N) is 2. The molecule has 33 heavy (non-hydrogen) atoms. The smallest absolute Gasteiger partial charge is 0.338 e. The van der Waals surface area contributed by atoms with Gasteiger partial charge in [-0.25, -0.2) is 4.79 Å². The highest BCUT2D eigenvalue weighted by molar-refractivity contribution is 6.00. The lowest BCUT2D eigenvalue weighted by atomic mass is 10.0. The lowest BCUT2D eigenvalue weighted by Crippen LogP contribution is -2.30. The van der Waals surface area contributed by atoms with Crippen LogP contribution in [-0.2, 0) is 4.74 Å². The molecule has 0 radical (unpaired) electrons. The highest BCUT2D eigenvalue weighted by Crippen LogP contribution is 2.31. The first-order valence-electron chi connectivity index (χ1n) is 10.9. The van der Waals surface area contributed by atoms with Gasteiger partial charge in [0.25, 0.3) is 5.69 Å². The minimum Gasteiger partial charge on any atom is -0.454 e. The molecule has 1 aliphatic heterocycles. The van der Waals surface area contributed by atoms with Crippen LogP contribution in [0.5, 0.6) is 0 Å². The quantitative estimate of drug-likeness (QED) is 0.213. The summed E-state index contributed by atoms with van der Waals surface area (Å²) in [5, 5.41) is 11.6. The van der Waals surface area contributed by atoms with Crippen LogP contribution in [0.2, 0.25) is 0 Å². The molecule has 7 heteroatoms. The Kier molecular flexibility index (Phi) is 6.78. The first kappa shape index (κ1) is 22.2. The van der Waals surface area contributed by atoms with E-state index in [-0.39, 0.29) is 17.0 Å². The predicted molar refractivity (Wildman–Crippen MR) is 126 cm³/mol. The van der Waals surface area contributed by atoms with Gasteiger partial charge in [0.1, 0.15) is 5.69 Å². The van der Waals surface area contributed by atoms with Gasteiger partial charge >= 0.3 is 5.97 Å². The van der Waals surface area contributed by atoms with Crippen LogP contribution < -0.4 is 4.90 Å². The number of carbonyl (C=O) groups is 2. The maximum absolute atomic E-state index is 12.5. The van der Waals surface area contributed by atoms with E-state index in [9.17, 15) is 19.7 Å². The number of benzene rings is 3. The largest absolute Gasteiger partial charge is 0.454 e. The fourth-order valence-corrected chi connectivity index (χ4v) is 3.98. The Hall–Kier alpha value is -4.00. The van der Waals surface area contributed by atoms with E-state index in [2.05, 4.69) is 0 Å². The van der Waals surface area contributed by atoms with Gasteiger partial charge in [-0.15, -0.1) is 0 Å². The van der Waals surface area contributed by atoms with Gasteiger partial charge < -0.3 is 9.64 Å². The van der Waals surface area contributed by atoms with Crippen molar-refractivity contribution in [3.8, 4) is 11.1 Å². The number of esters is 1. The molecule has 4 rings (SSSR count). The molecular weight excluding hydrogens is 420 g/mol. The minimum atomic E-state index is -0.766. The Morgan fingerprint density at radius 3 is 2.15 bits per heavy atom. The van der Waals surface area contributed by atoms with Gasteiger partial charge in [0.15, 0.2) is 12.4 Å². The number of piperidine rings is 1. The van der Waals surface area contributed by atoms with Crippen LogP contribution in [0.1, 0.15) is 40.0 Å². The van der Waals surface area contributed by atoms with Gasteiger partial charge in [0.05, 0.1) is 10.5 Å². The SMILES string of the molecule is O=C(COC(=O)c1ccc(N2CCCCC2)c([N+](=O)[O-])c1)c1ccc(-c2ccccc2)cc1. The second kappa shape index (κ2) is 10.1. The first-order valence-corrected chi connectivity index (χ1v) is 10.9. The third kappa shape index (κ3) is 5.26. The van der Waals surface area contributed by atoms with E-state index in [0.717, 1.165) is 43.5 Å². The molecule has 0 N–H and O–H groups in total. The number of hydrogen-bond acceptors (Lipinski definition) is 6. The number of carbonyl (C=O) groups excluding carboxylic acids is 2. The number of Topliss-reactive ketones (excluding diaryl/α,β-unsaturated/α-hetero) is 1. The number of ether oxygens (including phenoxy) is 1. The summed E-state index contributed by atoms with van der Waals surface area (Å²) in [4.78, 5) is 38.0. The molecule has 0 aromatic heterocycles. The Labute approximate surface area is 191 Å². The molecule has 0 aliphatic carbocycles. The molecule has 0 bridgehead atoms. The molecule has 1 aliphatic rings. The molecule has 3 aromatic rings. The summed E-state index contributed by atoms with van der Waals surface area (Å²) in [5.41, 5.74) is 2.87. The van der Waals surface area contributed by atoms with Crippen LogP contribution in [0, 0.1) is 10.1 Å². The zero-order chi connectivity index (χ0) is 23.2. The summed E-state index contributed by atoms with van der Waals surface area (Å²) < 4.78 is 5.15. The van der Waals surface area contributed by atoms with Crippen LogP contribution in [0.15, 0.2) is 72.8 Å². The van der Waals surface area contributed by atoms with E-state index in [4.69, 9.17) is 4.74 Å². The molecule has 1 fully saturated rings. The van der Waals surface area contributed by atoms with E-state index in [1.54, 1.807) is 18.2 Å². The third-order valence-electron chi connectivity index (χ3n) is 5.75. The Balaban J connectivity index is 1.41. The van der Waals surface area contributed by atoms with Crippen molar-refractivity contribution in [1.29, 1.82) is 0 Å². The molecule has 1 heterocycles. The number of ketones is 1. The van der Waals surface area contributed by atoms with E-state index >= 15 is 0 Å². The van der Waals surface area contributed by atoms with E-state index in [1.807, 2.05) is 47.4 Å². The van der Waals surface area contributed by atoms with Crippen molar-refractivity contribution in [1.82, 2.24) is 0 Å². The van der Waals surface area contributed by atoms with Crippen molar-refractivity contribution in [2.75, 3.05) is 24.6 Å². The molecular formula is C26H24N2O5. The van der Waals surface area contributed by atoms with Crippen molar-refractivity contribution in [3.05, 3.63) is 94.0 Å². The van der Waals surface area contributed by atoms with Gasteiger partial charge in [-0.3, -0.25) is 14.9 Å². The maximum Gasteiger partial charge on any atom is 0.338 e. The van der Waals surface area contributed by atoms with Crippen LogP contribution >= 0.6 is 0 Å². The molecule has 0 atom stereocenters. The van der Waals surface area contributed by atoms with Crippen molar-refractivity contribution < 1.29 is 19.2 Å². The van der Waals surface area contributed by atoms with Gasteiger partial charge in [-0.2, -0.15) is 0 Å². The number of hydrogen-bond donors (Lipinski definition) is 0. The number of nitro benzene ring substituents is 1. The van der Waals surface area contributed by atoms with Gasteiger partial charge in [0.2, 0.25) is 0 Å². The van der Waals surface area contributed by atoms with E-state index in [0.29, 0.717) is 11.3 Å². The van der Waals surface area contributed by atoms with Crippen molar-refractivity contribution in [3.63, 3.8) is 0 Å². The highest BCUT2D eigenvalue weighted by Gasteiger charge is 2.24. The van der Waals surface area contributed by atoms with Crippen molar-refractivity contribution in [2.45, 2.75) is 19.3 Å². The van der Waals surface area contributed by atoms with E-state index < -0.39 is 17.5 Å². The number of anilines is 1. The fourth-order valence-electron chi connectivity index (χ4n) is 3.98. The van der Waals surface area contributed by atoms with Crippen molar-refractivity contribution in [2.24, 2.45) is 0 Å². The monoisotopic (exact) mass is 444 g/mol. The summed E-state index contributed by atoms with van der Waals surface area (Å²) in [6.45, 7) is 1.07. The molecule has 0 amide bonds. The zero-order valence-corrected chi connectivity index (χ0v) is 18.1. The van der Waals surface area contributed by atoms with Crippen molar-refractivity contribution >= 4 is 23.1 Å². The highest BCUT2D eigenvalue weighted by atomic mass is 16.6. The predicted octanol–water partition coefficient (Wildman–Crippen LogP) is 5.29. The normalized spacial score (nSPS) is 13.4. The fraction of sp³-hybridized carbons (Fsp3) is 0.231. The first-order chi connectivity index (χ1) is 16.0. The molecule has 0 spiro atoms. The van der Waals surface area contributed by atoms with Crippen LogP contribution in [0.4, 0.5) is 11.4 Å². The summed E-state index contributed by atoms with van der Waals surface area (Å²) >= 11 is 0. The lowest BCUT2D eigenvalue weighted by Gasteiger charge is -2.28. The zero-order valence-electron chi connectivity index (χ0n) is 18.1. The third-order valence-corrected chi connectivity index (χ3v) is 5.75. The standard InChI is InChI=1S/C26H24N2O5/c29-25(21-11-9-20(10-12-21)19-7-3-1-4-8-19)18-33-26(30)22-13-14-23(24(17-22)28(31)32)27-15-5-2-6-16-27/h1,3-4,7-14,17H,2,5-6,15-16,18H2. The summed E-state index contributed by atoms with van der Waals surface area (Å²) in [5.74, 6) is -1.11. The Bertz CT molecular complexity index is 1150. The van der Waals surface area contributed by atoms with E-state index in [1.165, 1.54) is 12.1 Å². The Morgan fingerprint density at radius 1 is 0.848 bits per heavy atom. The van der Waals surface area contributed by atoms with Crippen LogP contribution in [0.25, 0.3) is 11.1 Å². The number of rotatable bonds is 7. The second-order valence-corrected chi connectivity index (χ2v) is 7.95. The second-order valence-electron chi connectivity index (χ2n) is 7.95. The molecule has 0 saturated carbocycles. The maximum atomic E-state index is 12.5.